The number of fused-ring (bicyclic) bond motifs is 1. The molecule has 0 heterocycles. The number of aliphatic hydroxyl groups excluding tert-OH is 1. The molecule has 0 bridgehead atoms. The third kappa shape index (κ3) is 2.23. The zero-order chi connectivity index (χ0) is 11.4. The lowest BCUT2D eigenvalue weighted by molar-refractivity contribution is 0.201. The van der Waals surface area contributed by atoms with Gasteiger partial charge in [0.25, 0.3) is 0 Å². The van der Waals surface area contributed by atoms with Crippen LogP contribution in [0.15, 0.2) is 43.0 Å². The maximum atomic E-state index is 8.67. The van der Waals surface area contributed by atoms with Gasteiger partial charge in [-0.3, -0.25) is 0 Å². The second-order valence-corrected chi connectivity index (χ2v) is 3.54. The summed E-state index contributed by atoms with van der Waals surface area (Å²) < 4.78 is 5.35. The van der Waals surface area contributed by atoms with E-state index in [0.717, 1.165) is 22.1 Å². The van der Waals surface area contributed by atoms with Crippen LogP contribution in [-0.2, 0) is 0 Å². The topological polar surface area (TPSA) is 29.5 Å². The van der Waals surface area contributed by atoms with Crippen LogP contribution < -0.4 is 4.74 Å². The average Bonchev–Trinajstić information content (AvgIpc) is 2.35. The van der Waals surface area contributed by atoms with Crippen LogP contribution in [0.1, 0.15) is 5.56 Å². The fourth-order valence-corrected chi connectivity index (χ4v) is 1.62. The van der Waals surface area contributed by atoms with Crippen molar-refractivity contribution in [2.45, 2.75) is 0 Å². The highest BCUT2D eigenvalue weighted by molar-refractivity contribution is 5.85. The zero-order valence-corrected chi connectivity index (χ0v) is 9.02. The Labute approximate surface area is 94.8 Å². The lowest BCUT2D eigenvalue weighted by Gasteiger charge is -2.06. The van der Waals surface area contributed by atoms with Crippen molar-refractivity contribution < 1.29 is 9.84 Å². The van der Waals surface area contributed by atoms with Gasteiger partial charge in [-0.05, 0) is 34.5 Å². The summed E-state index contributed by atoms with van der Waals surface area (Å²) in [6, 6.07) is 12.0. The molecule has 0 fully saturated rings. The van der Waals surface area contributed by atoms with Gasteiger partial charge in [0.2, 0.25) is 0 Å². The Morgan fingerprint density at radius 1 is 1.12 bits per heavy atom. The maximum Gasteiger partial charge on any atom is 0.120 e. The number of aliphatic hydroxyl groups is 1. The summed E-state index contributed by atoms with van der Waals surface area (Å²) in [5.41, 5.74) is 1.11. The van der Waals surface area contributed by atoms with Gasteiger partial charge >= 0.3 is 0 Å². The molecule has 1 N–H and O–H groups in total. The van der Waals surface area contributed by atoms with E-state index in [1.807, 2.05) is 36.4 Å². The summed E-state index contributed by atoms with van der Waals surface area (Å²) in [6.45, 7) is 4.11. The van der Waals surface area contributed by atoms with E-state index in [0.29, 0.717) is 6.61 Å². The molecule has 0 saturated carbocycles. The molecule has 0 aromatic heterocycles. The van der Waals surface area contributed by atoms with E-state index >= 15 is 0 Å². The van der Waals surface area contributed by atoms with E-state index in [1.165, 1.54) is 0 Å². The summed E-state index contributed by atoms with van der Waals surface area (Å²) in [6.07, 6.45) is 1.83. The van der Waals surface area contributed by atoms with Gasteiger partial charge in [-0.25, -0.2) is 0 Å². The first-order valence-electron chi connectivity index (χ1n) is 5.23. The Morgan fingerprint density at radius 2 is 1.88 bits per heavy atom. The third-order valence-electron chi connectivity index (χ3n) is 2.43. The number of ether oxygens (including phenoxy) is 1. The monoisotopic (exact) mass is 214 g/mol. The normalized spacial score (nSPS) is 10.3. The summed E-state index contributed by atoms with van der Waals surface area (Å²) in [5.74, 6) is 0.785. The smallest absolute Gasteiger partial charge is 0.120 e. The van der Waals surface area contributed by atoms with Crippen molar-refractivity contribution in [3.05, 3.63) is 48.5 Å². The van der Waals surface area contributed by atoms with E-state index < -0.39 is 0 Å². The van der Waals surface area contributed by atoms with Crippen molar-refractivity contribution in [2.24, 2.45) is 0 Å². The quantitative estimate of drug-likeness (QED) is 0.848. The third-order valence-corrected chi connectivity index (χ3v) is 2.43. The molecule has 0 aliphatic rings. The van der Waals surface area contributed by atoms with Gasteiger partial charge in [0.1, 0.15) is 12.4 Å². The minimum atomic E-state index is 0.0352. The predicted octanol–water partition coefficient (Wildman–Crippen LogP) is 2.85. The molecule has 2 nitrogen and oxygen atoms in total. The molecular weight excluding hydrogens is 200 g/mol. The molecule has 2 aromatic rings. The molecule has 2 heteroatoms. The standard InChI is InChI=1S/C14H14O2/c1-2-11-3-4-13-10-14(16-8-7-15)6-5-12(13)9-11/h2-6,9-10,15H,1,7-8H2. The summed E-state index contributed by atoms with van der Waals surface area (Å²) in [4.78, 5) is 0. The van der Waals surface area contributed by atoms with E-state index in [1.54, 1.807) is 0 Å². The van der Waals surface area contributed by atoms with Gasteiger partial charge < -0.3 is 9.84 Å². The molecule has 0 amide bonds. The van der Waals surface area contributed by atoms with Crippen LogP contribution in [-0.4, -0.2) is 18.3 Å². The molecule has 82 valence electrons. The van der Waals surface area contributed by atoms with Crippen molar-refractivity contribution in [1.82, 2.24) is 0 Å². The molecule has 2 rings (SSSR count). The fourth-order valence-electron chi connectivity index (χ4n) is 1.62. The average molecular weight is 214 g/mol. The van der Waals surface area contributed by atoms with E-state index in [4.69, 9.17) is 9.84 Å². The molecule has 0 unspecified atom stereocenters. The molecule has 0 atom stereocenters. The Bertz CT molecular complexity index is 503. The van der Waals surface area contributed by atoms with Gasteiger partial charge in [0.15, 0.2) is 0 Å². The Morgan fingerprint density at radius 3 is 2.62 bits per heavy atom. The lowest BCUT2D eigenvalue weighted by Crippen LogP contribution is -2.01. The Hall–Kier alpha value is -1.80. The lowest BCUT2D eigenvalue weighted by atomic mass is 10.1. The number of hydrogen-bond donors (Lipinski definition) is 1. The Kier molecular flexibility index (Phi) is 3.22. The molecule has 0 aliphatic heterocycles. The van der Waals surface area contributed by atoms with Gasteiger partial charge in [-0.1, -0.05) is 30.9 Å². The minimum Gasteiger partial charge on any atom is -0.491 e. The highest BCUT2D eigenvalue weighted by atomic mass is 16.5. The van der Waals surface area contributed by atoms with Crippen molar-refractivity contribution in [1.29, 1.82) is 0 Å². The number of rotatable bonds is 4. The van der Waals surface area contributed by atoms with Crippen LogP contribution in [0.5, 0.6) is 5.75 Å². The first kappa shape index (κ1) is 10.7. The van der Waals surface area contributed by atoms with E-state index in [-0.39, 0.29) is 6.61 Å². The largest absolute Gasteiger partial charge is 0.491 e. The van der Waals surface area contributed by atoms with Gasteiger partial charge in [0, 0.05) is 0 Å². The van der Waals surface area contributed by atoms with Gasteiger partial charge in [0.05, 0.1) is 6.61 Å². The number of benzene rings is 2. The van der Waals surface area contributed by atoms with E-state index in [2.05, 4.69) is 12.6 Å². The molecule has 0 saturated heterocycles. The van der Waals surface area contributed by atoms with Crippen LogP contribution in [0.2, 0.25) is 0 Å². The van der Waals surface area contributed by atoms with Crippen LogP contribution in [0.3, 0.4) is 0 Å². The van der Waals surface area contributed by atoms with Crippen LogP contribution in [0.4, 0.5) is 0 Å². The molecule has 0 spiro atoms. The molecular formula is C14H14O2. The number of hydrogen-bond acceptors (Lipinski definition) is 2. The Balaban J connectivity index is 2.35. The van der Waals surface area contributed by atoms with Crippen LogP contribution >= 0.6 is 0 Å². The van der Waals surface area contributed by atoms with Crippen LogP contribution in [0, 0.1) is 0 Å². The van der Waals surface area contributed by atoms with Crippen molar-refractivity contribution in [3.63, 3.8) is 0 Å². The highest BCUT2D eigenvalue weighted by Crippen LogP contribution is 2.22. The van der Waals surface area contributed by atoms with Gasteiger partial charge in [-0.2, -0.15) is 0 Å². The zero-order valence-electron chi connectivity index (χ0n) is 9.02. The predicted molar refractivity (Wildman–Crippen MR) is 66.6 cm³/mol. The molecule has 0 aliphatic carbocycles. The highest BCUT2D eigenvalue weighted by Gasteiger charge is 1.97. The second-order valence-electron chi connectivity index (χ2n) is 3.54. The van der Waals surface area contributed by atoms with Gasteiger partial charge in [-0.15, -0.1) is 0 Å². The second kappa shape index (κ2) is 4.81. The van der Waals surface area contributed by atoms with Crippen LogP contribution in [0.25, 0.3) is 16.8 Å². The summed E-state index contributed by atoms with van der Waals surface area (Å²) in [5, 5.41) is 11.0. The molecule has 0 radical (unpaired) electrons. The van der Waals surface area contributed by atoms with Crippen molar-refractivity contribution in [2.75, 3.05) is 13.2 Å². The first-order chi connectivity index (χ1) is 7.83. The van der Waals surface area contributed by atoms with E-state index in [9.17, 15) is 0 Å². The summed E-state index contributed by atoms with van der Waals surface area (Å²) in [7, 11) is 0. The van der Waals surface area contributed by atoms with Crippen molar-refractivity contribution >= 4 is 16.8 Å². The minimum absolute atomic E-state index is 0.0352. The first-order valence-corrected chi connectivity index (χ1v) is 5.23. The fraction of sp³-hybridized carbons (Fsp3) is 0.143. The summed E-state index contributed by atoms with van der Waals surface area (Å²) >= 11 is 0. The molecule has 16 heavy (non-hydrogen) atoms. The van der Waals surface area contributed by atoms with Crippen molar-refractivity contribution in [3.8, 4) is 5.75 Å². The SMILES string of the molecule is C=Cc1ccc2cc(OCCO)ccc2c1. The maximum absolute atomic E-state index is 8.67. The molecule has 2 aromatic carbocycles.